The van der Waals surface area contributed by atoms with Gasteiger partial charge in [-0.2, -0.15) is 10.2 Å². The lowest BCUT2D eigenvalue weighted by Crippen LogP contribution is -1.96. The third-order valence-electron chi connectivity index (χ3n) is 5.82. The lowest BCUT2D eigenvalue weighted by molar-refractivity contribution is 0.0697. The van der Waals surface area contributed by atoms with Crippen molar-refractivity contribution in [1.82, 2.24) is 0 Å². The fourth-order valence-corrected chi connectivity index (χ4v) is 4.77. The number of aromatic carboxylic acids is 1. The van der Waals surface area contributed by atoms with Gasteiger partial charge in [0.25, 0.3) is 0 Å². The molecule has 0 saturated heterocycles. The average Bonchev–Trinajstić information content (AvgIpc) is 2.96. The summed E-state index contributed by atoms with van der Waals surface area (Å²) in [6.07, 6.45) is 3.03. The lowest BCUT2D eigenvalue weighted by Gasteiger charge is -2.06. The third kappa shape index (κ3) is 7.44. The average molecular weight is 605 g/mol. The molecule has 0 aliphatic carbocycles. The Kier molecular flexibility index (Phi) is 9.44. The topological polar surface area (TPSA) is 213 Å². The molecule has 4 aromatic carbocycles. The number of hydrogen-bond acceptors (Lipinski definition) is 9. The Morgan fingerprint density at radius 1 is 0.690 bits per heavy atom. The number of nitrogens with zero attached hydrogens (tertiary/aromatic N) is 4. The van der Waals surface area contributed by atoms with Crippen LogP contribution in [0.5, 0.6) is 0 Å². The van der Waals surface area contributed by atoms with Gasteiger partial charge in [-0.1, -0.05) is 30.4 Å². The predicted molar refractivity (Wildman–Crippen MR) is 162 cm³/mol. The number of carbonyl (C=O) groups is 1. The smallest absolute Gasteiger partial charge is 0.335 e. The summed E-state index contributed by atoms with van der Waals surface area (Å²) in [7, 11) is 0. The van der Waals surface area contributed by atoms with Crippen molar-refractivity contribution in [3.8, 4) is 0 Å². The fraction of sp³-hybridized carbons (Fsp3) is 0.0357. The molecule has 4 aromatic rings. The number of rotatable bonds is 9. The summed E-state index contributed by atoms with van der Waals surface area (Å²) in [5.41, 5.74) is 15.2. The molecule has 2 unspecified atom stereocenters. The highest BCUT2D eigenvalue weighted by Crippen LogP contribution is 2.30. The molecule has 4 rings (SSSR count). The zero-order valence-electron chi connectivity index (χ0n) is 21.9. The summed E-state index contributed by atoms with van der Waals surface area (Å²) >= 11 is -4.79. The summed E-state index contributed by atoms with van der Waals surface area (Å²) < 4.78 is 43.9. The molecule has 0 amide bonds. The van der Waals surface area contributed by atoms with Crippen LogP contribution in [0.25, 0.3) is 12.2 Å². The van der Waals surface area contributed by atoms with Crippen LogP contribution in [0.1, 0.15) is 27.0 Å². The molecular formula is C28H24N6O6S2. The first kappa shape index (κ1) is 30.1. The van der Waals surface area contributed by atoms with Gasteiger partial charge in [0, 0.05) is 0 Å². The monoisotopic (exact) mass is 604 g/mol. The highest BCUT2D eigenvalue weighted by Gasteiger charge is 2.11. The zero-order chi connectivity index (χ0) is 30.4. The minimum Gasteiger partial charge on any atom is -0.478 e. The van der Waals surface area contributed by atoms with Crippen LogP contribution in [0.15, 0.2) is 103 Å². The molecular weight excluding hydrogens is 580 g/mol. The van der Waals surface area contributed by atoms with E-state index in [9.17, 15) is 22.3 Å². The molecule has 0 spiro atoms. The van der Waals surface area contributed by atoms with Gasteiger partial charge in [-0.3, -0.25) is 0 Å². The van der Waals surface area contributed by atoms with E-state index in [-0.39, 0.29) is 32.4 Å². The van der Waals surface area contributed by atoms with E-state index in [1.807, 2.05) is 13.0 Å². The summed E-state index contributed by atoms with van der Waals surface area (Å²) in [6.45, 7) is 1.89. The standard InChI is InChI=1S/C28H24N6O6S2/c1-16-2-10-22(29)24(12-16)33-31-20-8-5-17(26(14-20)41(37)38)3-4-18-6-9-21(15-27(18)42(39)40)32-34-25-13-19(28(35)36)7-11-23(25)30/h2-15H,29-30H2,1H3,(H,35,36)(H,37,38)(H,39,40)/b4-3+,33-31+,34-32+. The van der Waals surface area contributed by atoms with Crippen molar-refractivity contribution in [3.63, 3.8) is 0 Å². The van der Waals surface area contributed by atoms with Crippen molar-refractivity contribution in [2.75, 3.05) is 11.5 Å². The minimum absolute atomic E-state index is 0.00259. The van der Waals surface area contributed by atoms with Crippen LogP contribution in [0.2, 0.25) is 0 Å². The van der Waals surface area contributed by atoms with Crippen molar-refractivity contribution < 1.29 is 27.4 Å². The Labute approximate surface area is 245 Å². The summed E-state index contributed by atoms with van der Waals surface area (Å²) in [6, 6.07) is 18.3. The first-order valence-electron chi connectivity index (χ1n) is 12.0. The highest BCUT2D eigenvalue weighted by molar-refractivity contribution is 7.79. The Morgan fingerprint density at radius 2 is 1.17 bits per heavy atom. The first-order chi connectivity index (χ1) is 20.0. The molecule has 0 heterocycles. The van der Waals surface area contributed by atoms with E-state index in [1.165, 1.54) is 54.6 Å². The van der Waals surface area contributed by atoms with Crippen LogP contribution in [-0.4, -0.2) is 28.6 Å². The second-order valence-electron chi connectivity index (χ2n) is 8.82. The normalized spacial score (nSPS) is 13.2. The van der Waals surface area contributed by atoms with Crippen molar-refractivity contribution in [2.45, 2.75) is 16.7 Å². The van der Waals surface area contributed by atoms with Crippen molar-refractivity contribution in [3.05, 3.63) is 95.1 Å². The molecule has 0 saturated carbocycles. The van der Waals surface area contributed by atoms with Crippen LogP contribution in [0, 0.1) is 6.92 Å². The van der Waals surface area contributed by atoms with E-state index in [0.29, 0.717) is 28.2 Å². The number of anilines is 2. The van der Waals surface area contributed by atoms with Gasteiger partial charge < -0.3 is 25.7 Å². The second kappa shape index (κ2) is 13.2. The molecule has 12 nitrogen and oxygen atoms in total. The molecule has 0 fully saturated rings. The van der Waals surface area contributed by atoms with Gasteiger partial charge in [-0.25, -0.2) is 13.2 Å². The first-order valence-corrected chi connectivity index (χ1v) is 14.2. The summed E-state index contributed by atoms with van der Waals surface area (Å²) in [5, 5.41) is 25.4. The Hall–Kier alpha value is -4.89. The molecule has 42 heavy (non-hydrogen) atoms. The SMILES string of the molecule is Cc1ccc(N)c(/N=N/c2ccc(/C=C/c3ccc(/N=N/c4cc(C(=O)O)ccc4N)cc3S(=O)O)c(S(=O)O)c2)c1. The number of carboxylic acid groups (broad SMARTS) is 1. The van der Waals surface area contributed by atoms with Gasteiger partial charge >= 0.3 is 5.97 Å². The van der Waals surface area contributed by atoms with Crippen LogP contribution in [0.3, 0.4) is 0 Å². The maximum absolute atomic E-state index is 12.1. The number of benzene rings is 4. The van der Waals surface area contributed by atoms with Gasteiger partial charge in [0.2, 0.25) is 0 Å². The third-order valence-corrected chi connectivity index (χ3v) is 7.28. The number of azo groups is 2. The van der Waals surface area contributed by atoms with Crippen molar-refractivity contribution in [1.29, 1.82) is 0 Å². The molecule has 0 radical (unpaired) electrons. The summed E-state index contributed by atoms with van der Waals surface area (Å²) in [4.78, 5) is 11.3. The van der Waals surface area contributed by atoms with E-state index < -0.39 is 28.1 Å². The van der Waals surface area contributed by atoms with Crippen molar-refractivity contribution >= 4 is 74.4 Å². The maximum Gasteiger partial charge on any atom is 0.335 e. The summed E-state index contributed by atoms with van der Waals surface area (Å²) in [5.74, 6) is -1.15. The molecule has 2 atom stereocenters. The van der Waals surface area contributed by atoms with Gasteiger partial charge in [-0.05, 0) is 78.2 Å². The number of hydrogen-bond donors (Lipinski definition) is 5. The molecule has 0 bridgehead atoms. The van der Waals surface area contributed by atoms with Crippen LogP contribution < -0.4 is 11.5 Å². The van der Waals surface area contributed by atoms with E-state index in [0.717, 1.165) is 5.56 Å². The van der Waals surface area contributed by atoms with E-state index in [1.54, 1.807) is 24.3 Å². The Morgan fingerprint density at radius 3 is 1.64 bits per heavy atom. The van der Waals surface area contributed by atoms with E-state index >= 15 is 0 Å². The highest BCUT2D eigenvalue weighted by atomic mass is 32.2. The Balaban J connectivity index is 1.61. The molecule has 0 aliphatic heterocycles. The van der Waals surface area contributed by atoms with E-state index in [4.69, 9.17) is 16.6 Å². The molecule has 14 heteroatoms. The van der Waals surface area contributed by atoms with E-state index in [2.05, 4.69) is 20.5 Å². The number of nitrogens with two attached hydrogens (primary N) is 2. The molecule has 0 aliphatic rings. The van der Waals surface area contributed by atoms with Gasteiger partial charge in [0.15, 0.2) is 22.2 Å². The largest absolute Gasteiger partial charge is 0.478 e. The predicted octanol–water partition coefficient (Wildman–Crippen LogP) is 7.02. The Bertz CT molecular complexity index is 1820. The molecule has 7 N–H and O–H groups in total. The number of carboxylic acids is 1. The number of aryl methyl sites for hydroxylation is 1. The van der Waals surface area contributed by atoms with Gasteiger partial charge in [-0.15, -0.1) is 10.2 Å². The maximum atomic E-state index is 12.1. The molecule has 0 aromatic heterocycles. The second-order valence-corrected chi connectivity index (χ2v) is 10.7. The minimum atomic E-state index is -2.42. The van der Waals surface area contributed by atoms with Gasteiger partial charge in [0.05, 0.1) is 38.1 Å². The van der Waals surface area contributed by atoms with Gasteiger partial charge in [0.1, 0.15) is 11.4 Å². The van der Waals surface area contributed by atoms with Crippen molar-refractivity contribution in [2.24, 2.45) is 20.5 Å². The van der Waals surface area contributed by atoms with Crippen LogP contribution in [-0.2, 0) is 22.2 Å². The number of nitrogen functional groups attached to an aromatic ring is 2. The van der Waals surface area contributed by atoms with Crippen LogP contribution in [0.4, 0.5) is 34.1 Å². The quantitative estimate of drug-likeness (QED) is 0.0577. The zero-order valence-corrected chi connectivity index (χ0v) is 23.5. The van der Waals surface area contributed by atoms with Crippen LogP contribution >= 0.6 is 0 Å². The lowest BCUT2D eigenvalue weighted by atomic mass is 10.1. The fourth-order valence-electron chi connectivity index (χ4n) is 3.65. The molecule has 214 valence electrons.